The number of methoxy groups -OCH3 is 1. The van der Waals surface area contributed by atoms with E-state index in [-0.39, 0.29) is 19.0 Å². The minimum Gasteiger partial charge on any atom is -0.497 e. The van der Waals surface area contributed by atoms with Crippen molar-refractivity contribution in [1.82, 2.24) is 5.32 Å². The SMILES string of the molecule is COc1cccc(C(O)CNC(=O)CN(C)c2ccccc2)c1. The van der Waals surface area contributed by atoms with E-state index in [0.29, 0.717) is 11.3 Å². The molecule has 1 unspecified atom stereocenters. The van der Waals surface area contributed by atoms with Gasteiger partial charge in [0.25, 0.3) is 0 Å². The average Bonchev–Trinajstić information content (AvgIpc) is 2.60. The summed E-state index contributed by atoms with van der Waals surface area (Å²) in [6.07, 6.45) is -0.768. The maximum Gasteiger partial charge on any atom is 0.239 e. The zero-order valence-electron chi connectivity index (χ0n) is 13.4. The molecule has 2 N–H and O–H groups in total. The molecule has 5 heteroatoms. The number of benzene rings is 2. The summed E-state index contributed by atoms with van der Waals surface area (Å²) in [7, 11) is 3.43. The molecule has 2 rings (SSSR count). The minimum atomic E-state index is -0.768. The van der Waals surface area contributed by atoms with Gasteiger partial charge in [0.2, 0.25) is 5.91 Å². The fourth-order valence-electron chi connectivity index (χ4n) is 2.22. The summed E-state index contributed by atoms with van der Waals surface area (Å²) < 4.78 is 5.13. The quantitative estimate of drug-likeness (QED) is 0.820. The molecule has 0 aliphatic heterocycles. The van der Waals surface area contributed by atoms with E-state index in [2.05, 4.69) is 5.32 Å². The van der Waals surface area contributed by atoms with Crippen LogP contribution in [0, 0.1) is 0 Å². The topological polar surface area (TPSA) is 61.8 Å². The third kappa shape index (κ3) is 5.00. The van der Waals surface area contributed by atoms with Crippen molar-refractivity contribution < 1.29 is 14.6 Å². The molecule has 122 valence electrons. The first kappa shape index (κ1) is 16.8. The number of likely N-dealkylation sites (N-methyl/N-ethyl adjacent to an activating group) is 1. The lowest BCUT2D eigenvalue weighted by molar-refractivity contribution is -0.120. The van der Waals surface area contributed by atoms with Crippen LogP contribution in [0.1, 0.15) is 11.7 Å². The fraction of sp³-hybridized carbons (Fsp3) is 0.278. The van der Waals surface area contributed by atoms with Crippen LogP contribution in [0.2, 0.25) is 0 Å². The van der Waals surface area contributed by atoms with Crippen LogP contribution in [0.5, 0.6) is 5.75 Å². The summed E-state index contributed by atoms with van der Waals surface area (Å²) in [6.45, 7) is 0.392. The molecule has 23 heavy (non-hydrogen) atoms. The van der Waals surface area contributed by atoms with Crippen LogP contribution in [0.3, 0.4) is 0 Å². The number of hydrogen-bond donors (Lipinski definition) is 2. The van der Waals surface area contributed by atoms with Gasteiger partial charge in [-0.1, -0.05) is 30.3 Å². The van der Waals surface area contributed by atoms with Gasteiger partial charge in [-0.3, -0.25) is 4.79 Å². The molecule has 0 saturated carbocycles. The lowest BCUT2D eigenvalue weighted by Crippen LogP contribution is -2.37. The van der Waals surface area contributed by atoms with Crippen molar-refractivity contribution in [3.63, 3.8) is 0 Å². The Morgan fingerprint density at radius 3 is 2.65 bits per heavy atom. The van der Waals surface area contributed by atoms with Crippen LogP contribution in [0.4, 0.5) is 5.69 Å². The molecule has 0 heterocycles. The number of amides is 1. The van der Waals surface area contributed by atoms with E-state index in [4.69, 9.17) is 4.74 Å². The van der Waals surface area contributed by atoms with Gasteiger partial charge in [0.1, 0.15) is 5.75 Å². The van der Waals surface area contributed by atoms with Crippen LogP contribution < -0.4 is 15.0 Å². The number of rotatable bonds is 7. The van der Waals surface area contributed by atoms with Gasteiger partial charge in [0.15, 0.2) is 0 Å². The van der Waals surface area contributed by atoms with E-state index >= 15 is 0 Å². The van der Waals surface area contributed by atoms with E-state index < -0.39 is 6.10 Å². The average molecular weight is 314 g/mol. The van der Waals surface area contributed by atoms with Crippen molar-refractivity contribution in [2.45, 2.75) is 6.10 Å². The Morgan fingerprint density at radius 2 is 1.96 bits per heavy atom. The molecule has 0 aliphatic rings. The highest BCUT2D eigenvalue weighted by Crippen LogP contribution is 2.18. The van der Waals surface area contributed by atoms with E-state index in [1.165, 1.54) is 0 Å². The first-order chi connectivity index (χ1) is 11.1. The highest BCUT2D eigenvalue weighted by molar-refractivity contribution is 5.81. The van der Waals surface area contributed by atoms with Crippen molar-refractivity contribution >= 4 is 11.6 Å². The summed E-state index contributed by atoms with van der Waals surface area (Å²) >= 11 is 0. The number of para-hydroxylation sites is 1. The van der Waals surface area contributed by atoms with Crippen LogP contribution >= 0.6 is 0 Å². The second-order valence-electron chi connectivity index (χ2n) is 5.29. The number of ether oxygens (including phenoxy) is 1. The predicted octanol–water partition coefficient (Wildman–Crippen LogP) is 1.98. The van der Waals surface area contributed by atoms with Crippen molar-refractivity contribution in [3.05, 3.63) is 60.2 Å². The van der Waals surface area contributed by atoms with Gasteiger partial charge >= 0.3 is 0 Å². The summed E-state index contributed by atoms with van der Waals surface area (Å²) in [6, 6.07) is 16.8. The Bertz CT molecular complexity index is 631. The smallest absolute Gasteiger partial charge is 0.239 e. The third-order valence-electron chi connectivity index (χ3n) is 3.55. The predicted molar refractivity (Wildman–Crippen MR) is 90.7 cm³/mol. The number of carbonyl (C=O) groups is 1. The van der Waals surface area contributed by atoms with Crippen molar-refractivity contribution in [1.29, 1.82) is 0 Å². The van der Waals surface area contributed by atoms with Crippen molar-refractivity contribution in [2.75, 3.05) is 32.1 Å². The summed E-state index contributed by atoms with van der Waals surface area (Å²) in [5.41, 5.74) is 1.68. The first-order valence-corrected chi connectivity index (χ1v) is 7.45. The molecule has 0 aromatic heterocycles. The van der Waals surface area contributed by atoms with Crippen LogP contribution in [-0.4, -0.2) is 38.3 Å². The molecule has 2 aromatic carbocycles. The molecule has 5 nitrogen and oxygen atoms in total. The van der Waals surface area contributed by atoms with Gasteiger partial charge in [-0.25, -0.2) is 0 Å². The largest absolute Gasteiger partial charge is 0.497 e. The number of nitrogens with one attached hydrogen (secondary N) is 1. The first-order valence-electron chi connectivity index (χ1n) is 7.45. The fourth-order valence-corrected chi connectivity index (χ4v) is 2.22. The minimum absolute atomic E-state index is 0.140. The summed E-state index contributed by atoms with van der Waals surface area (Å²) in [5.74, 6) is 0.537. The second-order valence-corrected chi connectivity index (χ2v) is 5.29. The molecule has 0 saturated heterocycles. The van der Waals surface area contributed by atoms with E-state index in [0.717, 1.165) is 5.69 Å². The van der Waals surface area contributed by atoms with Crippen molar-refractivity contribution in [3.8, 4) is 5.75 Å². The molecule has 1 atom stereocenters. The number of nitrogens with zero attached hydrogens (tertiary/aromatic N) is 1. The highest BCUT2D eigenvalue weighted by atomic mass is 16.5. The van der Waals surface area contributed by atoms with Crippen LogP contribution in [0.15, 0.2) is 54.6 Å². The Hall–Kier alpha value is -2.53. The molecule has 0 radical (unpaired) electrons. The Morgan fingerprint density at radius 1 is 1.22 bits per heavy atom. The molecule has 0 aliphatic carbocycles. The van der Waals surface area contributed by atoms with Gasteiger partial charge in [-0.2, -0.15) is 0 Å². The number of carbonyl (C=O) groups excluding carboxylic acids is 1. The van der Waals surface area contributed by atoms with Gasteiger partial charge in [-0.15, -0.1) is 0 Å². The molecular formula is C18H22N2O3. The van der Waals surface area contributed by atoms with Gasteiger partial charge in [0.05, 0.1) is 19.8 Å². The molecule has 0 bridgehead atoms. The lowest BCUT2D eigenvalue weighted by Gasteiger charge is -2.19. The standard InChI is InChI=1S/C18H22N2O3/c1-20(15-8-4-3-5-9-15)13-18(22)19-12-17(21)14-7-6-10-16(11-14)23-2/h3-11,17,21H,12-13H2,1-2H3,(H,19,22). The maximum absolute atomic E-state index is 12.0. The maximum atomic E-state index is 12.0. The number of hydrogen-bond acceptors (Lipinski definition) is 4. The summed E-state index contributed by atoms with van der Waals surface area (Å²) in [4.78, 5) is 13.9. The molecule has 2 aromatic rings. The second kappa shape index (κ2) is 8.19. The van der Waals surface area contributed by atoms with Gasteiger partial charge < -0.3 is 20.1 Å². The van der Waals surface area contributed by atoms with Crippen LogP contribution in [-0.2, 0) is 4.79 Å². The van der Waals surface area contributed by atoms with E-state index in [1.54, 1.807) is 19.2 Å². The monoisotopic (exact) mass is 314 g/mol. The van der Waals surface area contributed by atoms with Gasteiger partial charge in [0, 0.05) is 19.3 Å². The number of anilines is 1. The number of aliphatic hydroxyl groups is 1. The van der Waals surface area contributed by atoms with E-state index in [1.807, 2.05) is 54.4 Å². The lowest BCUT2D eigenvalue weighted by atomic mass is 10.1. The molecular weight excluding hydrogens is 292 g/mol. The molecule has 0 fully saturated rings. The summed E-state index contributed by atoms with van der Waals surface area (Å²) in [5, 5.41) is 12.9. The van der Waals surface area contributed by atoms with E-state index in [9.17, 15) is 9.90 Å². The highest BCUT2D eigenvalue weighted by Gasteiger charge is 2.12. The zero-order valence-corrected chi connectivity index (χ0v) is 13.4. The normalized spacial score (nSPS) is 11.6. The number of aliphatic hydroxyl groups excluding tert-OH is 1. The van der Waals surface area contributed by atoms with Gasteiger partial charge in [-0.05, 0) is 29.8 Å². The third-order valence-corrected chi connectivity index (χ3v) is 3.55. The Kier molecular flexibility index (Phi) is 6.00. The van der Waals surface area contributed by atoms with Crippen LogP contribution in [0.25, 0.3) is 0 Å². The molecule has 1 amide bonds. The molecule has 0 spiro atoms. The Labute approximate surface area is 136 Å². The van der Waals surface area contributed by atoms with Crippen molar-refractivity contribution in [2.24, 2.45) is 0 Å². The zero-order chi connectivity index (χ0) is 16.7. The Balaban J connectivity index is 1.84.